The maximum Gasteiger partial charge on any atom is 0.251 e. The molecule has 0 bridgehead atoms. The van der Waals surface area contributed by atoms with Gasteiger partial charge in [0.05, 0.1) is 22.9 Å². The number of piperidine rings is 1. The summed E-state index contributed by atoms with van der Waals surface area (Å²) in [6.45, 7) is 1.59. The molecule has 156 valence electrons. The number of benzene rings is 2. The number of aromatic nitrogens is 2. The van der Waals surface area contributed by atoms with Crippen molar-refractivity contribution in [3.63, 3.8) is 0 Å². The van der Waals surface area contributed by atoms with E-state index in [1.807, 2.05) is 7.05 Å². The molecule has 1 fully saturated rings. The first kappa shape index (κ1) is 20.0. The molecule has 2 heterocycles. The molecule has 1 atom stereocenters. The minimum absolute atomic E-state index is 0.0504. The summed E-state index contributed by atoms with van der Waals surface area (Å²) in [5.41, 5.74) is 5.91. The highest BCUT2D eigenvalue weighted by atomic mass is 19.1. The van der Waals surface area contributed by atoms with Gasteiger partial charge in [0, 0.05) is 24.2 Å². The number of rotatable bonds is 4. The molecule has 0 spiro atoms. The Bertz CT molecular complexity index is 1140. The minimum Gasteiger partial charge on any atom is -0.366 e. The van der Waals surface area contributed by atoms with Crippen LogP contribution in [-0.4, -0.2) is 46.6 Å². The molecule has 1 aliphatic rings. The second-order valence-electron chi connectivity index (χ2n) is 7.58. The Morgan fingerprint density at radius 1 is 1.23 bits per heavy atom. The fourth-order valence-electron chi connectivity index (χ4n) is 3.78. The van der Waals surface area contributed by atoms with Gasteiger partial charge in [0.15, 0.2) is 0 Å². The second kappa shape index (κ2) is 7.83. The normalized spacial score (nSPS) is 17.2. The van der Waals surface area contributed by atoms with Gasteiger partial charge in [-0.25, -0.2) is 13.5 Å². The zero-order valence-corrected chi connectivity index (χ0v) is 16.4. The van der Waals surface area contributed by atoms with Crippen molar-refractivity contribution in [2.45, 2.75) is 12.8 Å². The van der Waals surface area contributed by atoms with Crippen LogP contribution < -0.4 is 11.1 Å². The number of nitrogens with one attached hydrogen (secondary N) is 1. The fourth-order valence-corrected chi connectivity index (χ4v) is 3.78. The van der Waals surface area contributed by atoms with Crippen LogP contribution in [0.1, 0.15) is 23.2 Å². The summed E-state index contributed by atoms with van der Waals surface area (Å²) in [5.74, 6) is -2.43. The summed E-state index contributed by atoms with van der Waals surface area (Å²) < 4.78 is 29.7. The van der Waals surface area contributed by atoms with Gasteiger partial charge in [0.1, 0.15) is 17.2 Å². The number of carbonyl (C=O) groups is 2. The number of nitrogens with zero attached hydrogens (tertiary/aromatic N) is 3. The maximum atomic E-state index is 14.7. The van der Waals surface area contributed by atoms with Crippen LogP contribution in [0.5, 0.6) is 0 Å². The lowest BCUT2D eigenvalue weighted by molar-refractivity contribution is -0.121. The molecule has 3 aromatic rings. The molecule has 1 aromatic heterocycles. The van der Waals surface area contributed by atoms with E-state index in [2.05, 4.69) is 15.3 Å². The molecule has 0 radical (unpaired) electrons. The first-order chi connectivity index (χ1) is 14.3. The number of hydrogen-bond donors (Lipinski definition) is 2. The van der Waals surface area contributed by atoms with Crippen molar-refractivity contribution in [1.29, 1.82) is 0 Å². The smallest absolute Gasteiger partial charge is 0.251 e. The largest absolute Gasteiger partial charge is 0.366 e. The zero-order valence-electron chi connectivity index (χ0n) is 16.4. The molecule has 9 heteroatoms. The molecule has 7 nitrogen and oxygen atoms in total. The summed E-state index contributed by atoms with van der Waals surface area (Å²) in [5, 5.41) is 7.27. The molecule has 4 rings (SSSR count). The van der Waals surface area contributed by atoms with Gasteiger partial charge in [0.25, 0.3) is 5.91 Å². The van der Waals surface area contributed by atoms with Gasteiger partial charge >= 0.3 is 0 Å². The molecule has 2 amide bonds. The molecule has 2 aromatic carbocycles. The average Bonchev–Trinajstić information content (AvgIpc) is 3.12. The molecular formula is C21H21F2N5O2. The zero-order chi connectivity index (χ0) is 21.4. The van der Waals surface area contributed by atoms with Crippen LogP contribution in [0, 0.1) is 17.6 Å². The molecule has 30 heavy (non-hydrogen) atoms. The number of fused-ring (bicyclic) bond motifs is 1. The molecule has 0 aliphatic carbocycles. The van der Waals surface area contributed by atoms with E-state index in [1.54, 1.807) is 6.07 Å². The van der Waals surface area contributed by atoms with Crippen LogP contribution in [0.25, 0.3) is 16.6 Å². The van der Waals surface area contributed by atoms with E-state index in [4.69, 9.17) is 5.73 Å². The summed E-state index contributed by atoms with van der Waals surface area (Å²) in [6.07, 6.45) is 3.18. The van der Waals surface area contributed by atoms with Crippen molar-refractivity contribution in [3.05, 3.63) is 53.7 Å². The number of anilines is 1. The number of likely N-dealkylation sites (tertiary alicyclic amines) is 1. The number of nitrogens with two attached hydrogens (primary N) is 1. The molecule has 0 saturated carbocycles. The van der Waals surface area contributed by atoms with E-state index in [-0.39, 0.29) is 28.6 Å². The Kier molecular flexibility index (Phi) is 5.21. The predicted molar refractivity (Wildman–Crippen MR) is 108 cm³/mol. The summed E-state index contributed by atoms with van der Waals surface area (Å²) in [7, 11) is 1.96. The predicted octanol–water partition coefficient (Wildman–Crippen LogP) is 2.68. The number of hydrogen-bond acceptors (Lipinski definition) is 4. The summed E-state index contributed by atoms with van der Waals surface area (Å²) in [4.78, 5) is 26.1. The SMILES string of the molecule is CN1CCC[C@@H](C(=O)Nc2ccc(-n3cc4cc(F)cc(C(N)=O)c4n3)cc2F)C1. The Labute approximate surface area is 171 Å². The number of halogens is 2. The first-order valence-corrected chi connectivity index (χ1v) is 9.60. The van der Waals surface area contributed by atoms with E-state index in [0.29, 0.717) is 17.6 Å². The van der Waals surface area contributed by atoms with Crippen molar-refractivity contribution >= 4 is 28.4 Å². The second-order valence-corrected chi connectivity index (χ2v) is 7.58. The fraction of sp³-hybridized carbons (Fsp3) is 0.286. The Balaban J connectivity index is 1.59. The minimum atomic E-state index is -0.803. The summed E-state index contributed by atoms with van der Waals surface area (Å²) >= 11 is 0. The van der Waals surface area contributed by atoms with E-state index in [1.165, 1.54) is 29.1 Å². The first-order valence-electron chi connectivity index (χ1n) is 9.60. The standard InChI is InChI=1S/C21H21F2N5O2/c1-27-6-2-3-12(10-27)21(30)25-18-5-4-15(9-17(18)23)28-11-13-7-14(22)8-16(20(24)29)19(13)26-28/h4-5,7-9,11-12H,2-3,6,10H2,1H3,(H2,24,29)(H,25,30)/t12-/m1/s1. The van der Waals surface area contributed by atoms with Gasteiger partial charge in [0.2, 0.25) is 5.91 Å². The molecule has 3 N–H and O–H groups in total. The topological polar surface area (TPSA) is 93.3 Å². The lowest BCUT2D eigenvalue weighted by Crippen LogP contribution is -2.38. The van der Waals surface area contributed by atoms with Crippen molar-refractivity contribution in [3.8, 4) is 5.69 Å². The van der Waals surface area contributed by atoms with E-state index in [0.717, 1.165) is 25.5 Å². The molecular weight excluding hydrogens is 392 g/mol. The number of amides is 2. The Hall–Kier alpha value is -3.33. The third-order valence-corrected chi connectivity index (χ3v) is 5.31. The highest BCUT2D eigenvalue weighted by Crippen LogP contribution is 2.24. The number of primary amides is 1. The highest BCUT2D eigenvalue weighted by Gasteiger charge is 2.24. The van der Waals surface area contributed by atoms with Gasteiger partial charge in [-0.1, -0.05) is 0 Å². The number of carbonyl (C=O) groups excluding carboxylic acids is 2. The maximum absolute atomic E-state index is 14.7. The molecule has 1 saturated heterocycles. The van der Waals surface area contributed by atoms with Crippen LogP contribution in [0.15, 0.2) is 36.5 Å². The molecule has 0 unspecified atom stereocenters. The van der Waals surface area contributed by atoms with Crippen LogP contribution in [0.2, 0.25) is 0 Å². The van der Waals surface area contributed by atoms with Crippen molar-refractivity contribution in [2.75, 3.05) is 25.5 Å². The quantitative estimate of drug-likeness (QED) is 0.688. The Morgan fingerprint density at radius 2 is 2.03 bits per heavy atom. The van der Waals surface area contributed by atoms with Gasteiger partial charge < -0.3 is 16.0 Å². The lowest BCUT2D eigenvalue weighted by atomic mass is 9.97. The average molecular weight is 413 g/mol. The third kappa shape index (κ3) is 3.88. The monoisotopic (exact) mass is 413 g/mol. The van der Waals surface area contributed by atoms with Crippen molar-refractivity contribution in [1.82, 2.24) is 14.7 Å². The van der Waals surface area contributed by atoms with Gasteiger partial charge in [-0.2, -0.15) is 5.10 Å². The van der Waals surface area contributed by atoms with Crippen LogP contribution in [-0.2, 0) is 4.79 Å². The summed E-state index contributed by atoms with van der Waals surface area (Å²) in [6, 6.07) is 6.49. The lowest BCUT2D eigenvalue weighted by Gasteiger charge is -2.28. The van der Waals surface area contributed by atoms with E-state index >= 15 is 0 Å². The third-order valence-electron chi connectivity index (χ3n) is 5.31. The van der Waals surface area contributed by atoms with E-state index in [9.17, 15) is 18.4 Å². The van der Waals surface area contributed by atoms with Crippen LogP contribution >= 0.6 is 0 Å². The van der Waals surface area contributed by atoms with Crippen molar-refractivity contribution in [2.24, 2.45) is 11.7 Å². The highest BCUT2D eigenvalue weighted by molar-refractivity contribution is 6.04. The Morgan fingerprint density at radius 3 is 2.73 bits per heavy atom. The van der Waals surface area contributed by atoms with E-state index < -0.39 is 17.5 Å². The van der Waals surface area contributed by atoms with Crippen molar-refractivity contribution < 1.29 is 18.4 Å². The van der Waals surface area contributed by atoms with Gasteiger partial charge in [-0.05, 0) is 50.7 Å². The van der Waals surface area contributed by atoms with Gasteiger partial charge in [-0.15, -0.1) is 0 Å². The van der Waals surface area contributed by atoms with Crippen LogP contribution in [0.3, 0.4) is 0 Å². The van der Waals surface area contributed by atoms with Crippen LogP contribution in [0.4, 0.5) is 14.5 Å². The molecule has 1 aliphatic heterocycles. The van der Waals surface area contributed by atoms with Gasteiger partial charge in [-0.3, -0.25) is 9.59 Å².